The summed E-state index contributed by atoms with van der Waals surface area (Å²) in [6.07, 6.45) is 6.76. The Morgan fingerprint density at radius 1 is 1.33 bits per heavy atom. The third-order valence-electron chi connectivity index (χ3n) is 2.64. The Bertz CT molecular complexity index is 357. The highest BCUT2D eigenvalue weighted by atomic mass is 15.2. The number of hydrogen-bond donors (Lipinski definition) is 2. The van der Waals surface area contributed by atoms with Crippen LogP contribution >= 0.6 is 0 Å². The van der Waals surface area contributed by atoms with Gasteiger partial charge in [-0.3, -0.25) is 5.41 Å². The zero-order valence-electron chi connectivity index (χ0n) is 8.61. The average Bonchev–Trinajstić information content (AvgIpc) is 2.30. The largest absolute Gasteiger partial charge is 0.384 e. The lowest BCUT2D eigenvalue weighted by atomic mass is 10.1. The normalized spacial score (nSPS) is 16.4. The molecule has 1 fully saturated rings. The van der Waals surface area contributed by atoms with Crippen LogP contribution in [0.4, 0.5) is 5.82 Å². The van der Waals surface area contributed by atoms with Crippen molar-refractivity contribution < 1.29 is 0 Å². The summed E-state index contributed by atoms with van der Waals surface area (Å²) in [5, 5.41) is 7.47. The number of nitrogens with one attached hydrogen (secondary N) is 1. The zero-order valence-corrected chi connectivity index (χ0v) is 8.61. The third-order valence-corrected chi connectivity index (χ3v) is 2.64. The van der Waals surface area contributed by atoms with Crippen LogP contribution in [0.5, 0.6) is 0 Å². The first-order valence-corrected chi connectivity index (χ1v) is 5.18. The molecule has 2 heterocycles. The summed E-state index contributed by atoms with van der Waals surface area (Å²) in [5.74, 6) is 0.841. The maximum Gasteiger partial charge on any atom is 0.142 e. The Morgan fingerprint density at radius 3 is 2.73 bits per heavy atom. The van der Waals surface area contributed by atoms with Gasteiger partial charge >= 0.3 is 0 Å². The molecule has 0 atom stereocenters. The smallest absolute Gasteiger partial charge is 0.142 e. The summed E-state index contributed by atoms with van der Waals surface area (Å²) in [6.45, 7) is 1.99. The Hall–Kier alpha value is -1.65. The molecule has 0 bridgehead atoms. The summed E-state index contributed by atoms with van der Waals surface area (Å²) < 4.78 is 0. The first-order chi connectivity index (χ1) is 7.29. The second kappa shape index (κ2) is 4.25. The van der Waals surface area contributed by atoms with E-state index in [1.807, 2.05) is 0 Å². The third kappa shape index (κ3) is 2.06. The van der Waals surface area contributed by atoms with Crippen LogP contribution in [0.3, 0.4) is 0 Å². The van der Waals surface area contributed by atoms with Gasteiger partial charge in [-0.15, -0.1) is 0 Å². The van der Waals surface area contributed by atoms with Gasteiger partial charge in [-0.2, -0.15) is 0 Å². The Balaban J connectivity index is 2.29. The van der Waals surface area contributed by atoms with Crippen LogP contribution in [0.25, 0.3) is 0 Å². The van der Waals surface area contributed by atoms with Crippen LogP contribution in [0.1, 0.15) is 24.8 Å². The number of aromatic nitrogens is 2. The second-order valence-electron chi connectivity index (χ2n) is 3.72. The number of piperidine rings is 1. The lowest BCUT2D eigenvalue weighted by Gasteiger charge is -2.28. The highest BCUT2D eigenvalue weighted by Gasteiger charge is 2.16. The molecule has 0 amide bonds. The van der Waals surface area contributed by atoms with Gasteiger partial charge in [0, 0.05) is 19.3 Å². The summed E-state index contributed by atoms with van der Waals surface area (Å²) >= 11 is 0. The van der Waals surface area contributed by atoms with Crippen LogP contribution in [-0.2, 0) is 0 Å². The van der Waals surface area contributed by atoms with Gasteiger partial charge in [0.05, 0.1) is 5.56 Å². The van der Waals surface area contributed by atoms with Gasteiger partial charge < -0.3 is 10.6 Å². The van der Waals surface area contributed by atoms with E-state index in [0.717, 1.165) is 18.9 Å². The van der Waals surface area contributed by atoms with E-state index in [0.29, 0.717) is 5.56 Å². The van der Waals surface area contributed by atoms with Gasteiger partial charge in [0.1, 0.15) is 18.0 Å². The number of nitrogens with zero attached hydrogens (tertiary/aromatic N) is 3. The van der Waals surface area contributed by atoms with E-state index in [9.17, 15) is 0 Å². The van der Waals surface area contributed by atoms with Crippen molar-refractivity contribution in [3.8, 4) is 0 Å². The lowest BCUT2D eigenvalue weighted by molar-refractivity contribution is 0.572. The molecule has 5 nitrogen and oxygen atoms in total. The molecule has 1 aromatic rings. The van der Waals surface area contributed by atoms with Gasteiger partial charge in [-0.25, -0.2) is 9.97 Å². The van der Waals surface area contributed by atoms with Gasteiger partial charge in [-0.1, -0.05) is 0 Å². The maximum absolute atomic E-state index is 7.47. The summed E-state index contributed by atoms with van der Waals surface area (Å²) in [6, 6.07) is 0. The molecule has 2 rings (SSSR count). The van der Waals surface area contributed by atoms with Crippen molar-refractivity contribution in [1.82, 2.24) is 9.97 Å². The SMILES string of the molecule is N=C(N)c1cncnc1N1CCCCC1. The van der Waals surface area contributed by atoms with E-state index in [1.165, 1.54) is 25.6 Å². The number of anilines is 1. The van der Waals surface area contributed by atoms with E-state index in [2.05, 4.69) is 14.9 Å². The Kier molecular flexibility index (Phi) is 2.80. The van der Waals surface area contributed by atoms with Gasteiger partial charge in [0.25, 0.3) is 0 Å². The minimum atomic E-state index is 0.0381. The molecule has 15 heavy (non-hydrogen) atoms. The number of nitrogens with two attached hydrogens (primary N) is 1. The fourth-order valence-corrected chi connectivity index (χ4v) is 1.87. The van der Waals surface area contributed by atoms with Crippen molar-refractivity contribution in [2.24, 2.45) is 5.73 Å². The molecule has 0 radical (unpaired) electrons. The first kappa shape index (κ1) is 9.89. The maximum atomic E-state index is 7.47. The van der Waals surface area contributed by atoms with E-state index < -0.39 is 0 Å². The predicted octanol–water partition coefficient (Wildman–Crippen LogP) is 0.751. The van der Waals surface area contributed by atoms with Gasteiger partial charge in [0.15, 0.2) is 0 Å². The molecule has 0 spiro atoms. The average molecular weight is 205 g/mol. The minimum absolute atomic E-state index is 0.0381. The molecule has 0 saturated carbocycles. The molecular weight excluding hydrogens is 190 g/mol. The highest BCUT2D eigenvalue weighted by Crippen LogP contribution is 2.20. The van der Waals surface area contributed by atoms with E-state index in [1.54, 1.807) is 6.20 Å². The monoisotopic (exact) mass is 205 g/mol. The van der Waals surface area contributed by atoms with Crippen LogP contribution in [0, 0.1) is 5.41 Å². The molecule has 0 aliphatic carbocycles. The first-order valence-electron chi connectivity index (χ1n) is 5.18. The summed E-state index contributed by atoms with van der Waals surface area (Å²) in [4.78, 5) is 10.3. The summed E-state index contributed by atoms with van der Waals surface area (Å²) in [7, 11) is 0. The topological polar surface area (TPSA) is 78.9 Å². The van der Waals surface area contributed by atoms with Gasteiger partial charge in [0.2, 0.25) is 0 Å². The van der Waals surface area contributed by atoms with Crippen molar-refractivity contribution in [2.75, 3.05) is 18.0 Å². The second-order valence-corrected chi connectivity index (χ2v) is 3.72. The van der Waals surface area contributed by atoms with Crippen LogP contribution in [-0.4, -0.2) is 28.9 Å². The fourth-order valence-electron chi connectivity index (χ4n) is 1.87. The van der Waals surface area contributed by atoms with Crippen molar-refractivity contribution in [3.63, 3.8) is 0 Å². The summed E-state index contributed by atoms with van der Waals surface area (Å²) in [5.41, 5.74) is 6.14. The Morgan fingerprint density at radius 2 is 2.07 bits per heavy atom. The number of rotatable bonds is 2. The van der Waals surface area contributed by atoms with Crippen molar-refractivity contribution >= 4 is 11.7 Å². The minimum Gasteiger partial charge on any atom is -0.384 e. The standard InChI is InChI=1S/C10H15N5/c11-9(12)8-6-13-7-14-10(8)15-4-2-1-3-5-15/h6-7H,1-5H2,(H3,11,12). The van der Waals surface area contributed by atoms with Crippen LogP contribution < -0.4 is 10.6 Å². The molecule has 1 saturated heterocycles. The van der Waals surface area contributed by atoms with Crippen LogP contribution in [0.15, 0.2) is 12.5 Å². The van der Waals surface area contributed by atoms with E-state index >= 15 is 0 Å². The molecule has 1 aliphatic heterocycles. The highest BCUT2D eigenvalue weighted by molar-refractivity contribution is 5.99. The number of hydrogen-bond acceptors (Lipinski definition) is 4. The fraction of sp³-hybridized carbons (Fsp3) is 0.500. The zero-order chi connectivity index (χ0) is 10.7. The van der Waals surface area contributed by atoms with Crippen LogP contribution in [0.2, 0.25) is 0 Å². The number of nitrogen functional groups attached to an aromatic ring is 1. The van der Waals surface area contributed by atoms with Crippen molar-refractivity contribution in [2.45, 2.75) is 19.3 Å². The quantitative estimate of drug-likeness (QED) is 0.551. The molecule has 5 heteroatoms. The molecule has 0 aromatic carbocycles. The van der Waals surface area contributed by atoms with Crippen molar-refractivity contribution in [1.29, 1.82) is 5.41 Å². The molecular formula is C10H15N5. The molecule has 1 aliphatic rings. The molecule has 3 N–H and O–H groups in total. The molecule has 0 unspecified atom stereocenters. The van der Waals surface area contributed by atoms with E-state index in [4.69, 9.17) is 11.1 Å². The lowest BCUT2D eigenvalue weighted by Crippen LogP contribution is -2.32. The van der Waals surface area contributed by atoms with E-state index in [-0.39, 0.29) is 5.84 Å². The number of amidine groups is 1. The molecule has 80 valence electrons. The van der Waals surface area contributed by atoms with Crippen molar-refractivity contribution in [3.05, 3.63) is 18.1 Å². The predicted molar refractivity (Wildman–Crippen MR) is 59.1 cm³/mol. The molecule has 1 aromatic heterocycles. The van der Waals surface area contributed by atoms with Gasteiger partial charge in [-0.05, 0) is 19.3 Å². The Labute approximate surface area is 88.8 Å².